The maximum Gasteiger partial charge on any atom is 0.416 e. The Morgan fingerprint density at radius 3 is 2.15 bits per heavy atom. The molecule has 0 spiro atoms. The van der Waals surface area contributed by atoms with E-state index in [0.29, 0.717) is 6.04 Å². The van der Waals surface area contributed by atoms with E-state index in [1.54, 1.807) is 12.1 Å². The van der Waals surface area contributed by atoms with Crippen LogP contribution in [-0.2, 0) is 6.18 Å². The van der Waals surface area contributed by atoms with Crippen LogP contribution >= 0.6 is 0 Å². The number of halogens is 3. The summed E-state index contributed by atoms with van der Waals surface area (Å²) in [5.74, 6) is 0. The van der Waals surface area contributed by atoms with Crippen LogP contribution in [-0.4, -0.2) is 31.1 Å². The zero-order chi connectivity index (χ0) is 14.8. The molecule has 1 N–H and O–H groups in total. The van der Waals surface area contributed by atoms with E-state index in [0.717, 1.165) is 31.5 Å². The number of piperidine rings is 1. The molecule has 1 heterocycles. The zero-order valence-electron chi connectivity index (χ0n) is 11.9. The van der Waals surface area contributed by atoms with Crippen molar-refractivity contribution in [3.8, 4) is 0 Å². The molecule has 1 aromatic carbocycles. The SMILES string of the molecule is CNC1CCN(C(C)c2ccc(C(F)(F)F)cc2)CC1. The molecule has 1 fully saturated rings. The standard InChI is InChI=1S/C15H21F3N2/c1-11(20-9-7-14(19-2)8-10-20)12-3-5-13(6-4-12)15(16,17)18/h3-6,11,14,19H,7-10H2,1-2H3. The molecule has 1 aliphatic heterocycles. The lowest BCUT2D eigenvalue weighted by Crippen LogP contribution is -2.42. The molecule has 5 heteroatoms. The number of hydrogen-bond donors (Lipinski definition) is 1. The van der Waals surface area contributed by atoms with Gasteiger partial charge in [0.05, 0.1) is 5.56 Å². The van der Waals surface area contributed by atoms with Gasteiger partial charge in [0.25, 0.3) is 0 Å². The summed E-state index contributed by atoms with van der Waals surface area (Å²) in [5.41, 5.74) is 0.364. The summed E-state index contributed by atoms with van der Waals surface area (Å²) in [5, 5.41) is 3.28. The van der Waals surface area contributed by atoms with E-state index < -0.39 is 11.7 Å². The van der Waals surface area contributed by atoms with Crippen molar-refractivity contribution in [3.63, 3.8) is 0 Å². The molecule has 0 bridgehead atoms. The smallest absolute Gasteiger partial charge is 0.317 e. The number of likely N-dealkylation sites (tertiary alicyclic amines) is 1. The van der Waals surface area contributed by atoms with Crippen LogP contribution in [0.25, 0.3) is 0 Å². The first-order chi connectivity index (χ1) is 9.41. The summed E-state index contributed by atoms with van der Waals surface area (Å²) < 4.78 is 37.6. The summed E-state index contributed by atoms with van der Waals surface area (Å²) >= 11 is 0. The molecule has 1 atom stereocenters. The first-order valence-corrected chi connectivity index (χ1v) is 7.00. The van der Waals surface area contributed by atoms with E-state index in [9.17, 15) is 13.2 Å². The fourth-order valence-corrected chi connectivity index (χ4v) is 2.74. The predicted molar refractivity (Wildman–Crippen MR) is 73.5 cm³/mol. The van der Waals surface area contributed by atoms with Gasteiger partial charge in [-0.25, -0.2) is 0 Å². The van der Waals surface area contributed by atoms with E-state index in [1.165, 1.54) is 12.1 Å². The minimum absolute atomic E-state index is 0.162. The predicted octanol–water partition coefficient (Wildman–Crippen LogP) is 3.45. The van der Waals surface area contributed by atoms with Gasteiger partial charge in [-0.05, 0) is 44.5 Å². The molecule has 1 aliphatic rings. The number of rotatable bonds is 3. The first-order valence-electron chi connectivity index (χ1n) is 7.00. The molecule has 20 heavy (non-hydrogen) atoms. The Morgan fingerprint density at radius 2 is 1.70 bits per heavy atom. The van der Waals surface area contributed by atoms with E-state index >= 15 is 0 Å². The maximum atomic E-state index is 12.5. The van der Waals surface area contributed by atoms with Crippen molar-refractivity contribution in [1.29, 1.82) is 0 Å². The minimum atomic E-state index is -4.26. The van der Waals surface area contributed by atoms with Crippen molar-refractivity contribution in [2.45, 2.75) is 38.0 Å². The Morgan fingerprint density at radius 1 is 1.15 bits per heavy atom. The summed E-state index contributed by atoms with van der Waals surface area (Å²) in [6.45, 7) is 4.02. The van der Waals surface area contributed by atoms with Crippen molar-refractivity contribution < 1.29 is 13.2 Å². The van der Waals surface area contributed by atoms with Gasteiger partial charge < -0.3 is 5.32 Å². The maximum absolute atomic E-state index is 12.5. The van der Waals surface area contributed by atoms with E-state index in [2.05, 4.69) is 17.1 Å². The summed E-state index contributed by atoms with van der Waals surface area (Å²) in [7, 11) is 1.97. The second-order valence-electron chi connectivity index (χ2n) is 5.39. The van der Waals surface area contributed by atoms with Gasteiger partial charge in [0.1, 0.15) is 0 Å². The molecule has 2 nitrogen and oxygen atoms in total. The molecule has 112 valence electrons. The second kappa shape index (κ2) is 6.14. The van der Waals surface area contributed by atoms with Crippen molar-refractivity contribution in [3.05, 3.63) is 35.4 Å². The number of nitrogens with zero attached hydrogens (tertiary/aromatic N) is 1. The lowest BCUT2D eigenvalue weighted by Gasteiger charge is -2.36. The molecular formula is C15H21F3N2. The molecule has 0 aromatic heterocycles. The largest absolute Gasteiger partial charge is 0.416 e. The van der Waals surface area contributed by atoms with Crippen molar-refractivity contribution in [2.24, 2.45) is 0 Å². The second-order valence-corrected chi connectivity index (χ2v) is 5.39. The van der Waals surface area contributed by atoms with Crippen molar-refractivity contribution in [1.82, 2.24) is 10.2 Å². The highest BCUT2D eigenvalue weighted by atomic mass is 19.4. The average Bonchev–Trinajstić information content (AvgIpc) is 2.46. The summed E-state index contributed by atoms with van der Waals surface area (Å²) in [6.07, 6.45) is -2.09. The van der Waals surface area contributed by atoms with Crippen LogP contribution < -0.4 is 5.32 Å². The Balaban J connectivity index is 2.01. The summed E-state index contributed by atoms with van der Waals surface area (Å²) in [6, 6.07) is 6.26. The van der Waals surface area contributed by atoms with E-state index in [-0.39, 0.29) is 6.04 Å². The van der Waals surface area contributed by atoms with Crippen LogP contribution in [0.1, 0.15) is 36.9 Å². The number of alkyl halides is 3. The lowest BCUT2D eigenvalue weighted by molar-refractivity contribution is -0.137. The van der Waals surface area contributed by atoms with Crippen molar-refractivity contribution >= 4 is 0 Å². The zero-order valence-corrected chi connectivity index (χ0v) is 11.9. The van der Waals surface area contributed by atoms with E-state index in [1.807, 2.05) is 7.05 Å². The average molecular weight is 286 g/mol. The third kappa shape index (κ3) is 3.52. The Kier molecular flexibility index (Phi) is 4.70. The van der Waals surface area contributed by atoms with Crippen LogP contribution in [0.5, 0.6) is 0 Å². The number of nitrogens with one attached hydrogen (secondary N) is 1. The van der Waals surface area contributed by atoms with Crippen LogP contribution in [0.2, 0.25) is 0 Å². The van der Waals surface area contributed by atoms with Gasteiger partial charge in [-0.15, -0.1) is 0 Å². The Bertz CT molecular complexity index is 420. The molecular weight excluding hydrogens is 265 g/mol. The third-order valence-corrected chi connectivity index (χ3v) is 4.21. The monoisotopic (exact) mass is 286 g/mol. The van der Waals surface area contributed by atoms with Gasteiger partial charge >= 0.3 is 6.18 Å². The third-order valence-electron chi connectivity index (χ3n) is 4.21. The van der Waals surface area contributed by atoms with Gasteiger partial charge in [-0.2, -0.15) is 13.2 Å². The molecule has 0 saturated carbocycles. The van der Waals surface area contributed by atoms with Gasteiger partial charge in [-0.3, -0.25) is 4.90 Å². The molecule has 2 rings (SSSR count). The topological polar surface area (TPSA) is 15.3 Å². The highest BCUT2D eigenvalue weighted by molar-refractivity contribution is 5.26. The normalized spacial score (nSPS) is 20.1. The van der Waals surface area contributed by atoms with Gasteiger partial charge in [0.2, 0.25) is 0 Å². The van der Waals surface area contributed by atoms with Gasteiger partial charge in [0, 0.05) is 25.2 Å². The number of hydrogen-bond acceptors (Lipinski definition) is 2. The molecule has 0 aliphatic carbocycles. The highest BCUT2D eigenvalue weighted by Gasteiger charge is 2.30. The fourth-order valence-electron chi connectivity index (χ4n) is 2.74. The van der Waals surface area contributed by atoms with Crippen LogP contribution in [0, 0.1) is 0 Å². The molecule has 1 saturated heterocycles. The first kappa shape index (κ1) is 15.3. The van der Waals surface area contributed by atoms with Crippen LogP contribution in [0.15, 0.2) is 24.3 Å². The highest BCUT2D eigenvalue weighted by Crippen LogP contribution is 2.31. The molecule has 1 unspecified atom stereocenters. The molecule has 1 aromatic rings. The molecule has 0 radical (unpaired) electrons. The lowest BCUT2D eigenvalue weighted by atomic mass is 9.99. The van der Waals surface area contributed by atoms with Crippen LogP contribution in [0.3, 0.4) is 0 Å². The van der Waals surface area contributed by atoms with Gasteiger partial charge in [-0.1, -0.05) is 12.1 Å². The Hall–Kier alpha value is -1.07. The fraction of sp³-hybridized carbons (Fsp3) is 0.600. The quantitative estimate of drug-likeness (QED) is 0.915. The number of benzene rings is 1. The minimum Gasteiger partial charge on any atom is -0.317 e. The van der Waals surface area contributed by atoms with Crippen LogP contribution in [0.4, 0.5) is 13.2 Å². The van der Waals surface area contributed by atoms with Crippen molar-refractivity contribution in [2.75, 3.05) is 20.1 Å². The summed E-state index contributed by atoms with van der Waals surface area (Å²) in [4.78, 5) is 2.33. The Labute approximate surface area is 118 Å². The van der Waals surface area contributed by atoms with E-state index in [4.69, 9.17) is 0 Å². The molecule has 0 amide bonds. The van der Waals surface area contributed by atoms with Gasteiger partial charge in [0.15, 0.2) is 0 Å².